The molecule has 0 spiro atoms. The molecule has 0 bridgehead atoms. The molecule has 96 valence electrons. The van der Waals surface area contributed by atoms with E-state index in [0.717, 1.165) is 16.7 Å². The fraction of sp³-hybridized carbons (Fsp3) is 0.500. The van der Waals surface area contributed by atoms with Gasteiger partial charge in [-0.3, -0.25) is 0 Å². The Morgan fingerprint density at radius 1 is 1.18 bits per heavy atom. The van der Waals surface area contributed by atoms with E-state index in [1.807, 2.05) is 32.9 Å². The second kappa shape index (κ2) is 5.16. The second-order valence-corrected chi connectivity index (χ2v) is 6.32. The molecule has 0 saturated heterocycles. The van der Waals surface area contributed by atoms with Crippen LogP contribution in [0, 0.1) is 20.8 Å². The highest BCUT2D eigenvalue weighted by Crippen LogP contribution is 2.24. The molecule has 1 aromatic rings. The minimum Gasteiger partial charge on any atom is -0.329 e. The number of sulfonamides is 1. The Morgan fingerprint density at radius 3 is 2.06 bits per heavy atom. The molecule has 0 atom stereocenters. The number of rotatable bonds is 4. The molecule has 4 nitrogen and oxygen atoms in total. The fourth-order valence-corrected chi connectivity index (χ4v) is 3.62. The van der Waals surface area contributed by atoms with Crippen molar-refractivity contribution in [3.63, 3.8) is 0 Å². The predicted molar refractivity (Wildman–Crippen MR) is 69.5 cm³/mol. The van der Waals surface area contributed by atoms with Crippen LogP contribution in [-0.2, 0) is 10.0 Å². The van der Waals surface area contributed by atoms with Crippen LogP contribution in [0.4, 0.5) is 0 Å². The lowest BCUT2D eigenvalue weighted by Crippen LogP contribution is -2.32. The van der Waals surface area contributed by atoms with Crippen LogP contribution in [0.2, 0.25) is 0 Å². The number of nitrogens with two attached hydrogens (primary N) is 1. The number of hydrogen-bond acceptors (Lipinski definition) is 3. The number of hydrogen-bond donors (Lipinski definition) is 1. The van der Waals surface area contributed by atoms with Crippen molar-refractivity contribution in [1.29, 1.82) is 0 Å². The molecule has 0 aliphatic carbocycles. The van der Waals surface area contributed by atoms with Crippen molar-refractivity contribution in [2.24, 2.45) is 5.73 Å². The molecule has 0 heterocycles. The quantitative estimate of drug-likeness (QED) is 0.880. The van der Waals surface area contributed by atoms with Gasteiger partial charge in [0, 0.05) is 20.1 Å². The molecular formula is C12H20N2O2S. The zero-order chi connectivity index (χ0) is 13.2. The monoisotopic (exact) mass is 256 g/mol. The van der Waals surface area contributed by atoms with Crippen molar-refractivity contribution in [3.8, 4) is 0 Å². The zero-order valence-corrected chi connectivity index (χ0v) is 11.6. The number of nitrogens with zero attached hydrogens (tertiary/aromatic N) is 1. The van der Waals surface area contributed by atoms with Crippen LogP contribution in [0.1, 0.15) is 16.7 Å². The van der Waals surface area contributed by atoms with Crippen molar-refractivity contribution < 1.29 is 8.42 Å². The SMILES string of the molecule is Cc1cc(C)c(S(=O)(=O)N(C)CCN)c(C)c1. The average molecular weight is 256 g/mol. The molecule has 2 N–H and O–H groups in total. The van der Waals surface area contributed by atoms with Gasteiger partial charge in [-0.2, -0.15) is 4.31 Å². The summed E-state index contributed by atoms with van der Waals surface area (Å²) in [6.07, 6.45) is 0. The van der Waals surface area contributed by atoms with E-state index in [4.69, 9.17) is 5.73 Å². The smallest absolute Gasteiger partial charge is 0.243 e. The van der Waals surface area contributed by atoms with E-state index >= 15 is 0 Å². The van der Waals surface area contributed by atoms with Crippen molar-refractivity contribution >= 4 is 10.0 Å². The molecular weight excluding hydrogens is 236 g/mol. The summed E-state index contributed by atoms with van der Waals surface area (Å²) in [5, 5.41) is 0. The van der Waals surface area contributed by atoms with E-state index in [1.54, 1.807) is 7.05 Å². The largest absolute Gasteiger partial charge is 0.329 e. The van der Waals surface area contributed by atoms with Crippen molar-refractivity contribution in [1.82, 2.24) is 4.31 Å². The zero-order valence-electron chi connectivity index (χ0n) is 10.8. The van der Waals surface area contributed by atoms with Crippen LogP contribution < -0.4 is 5.73 Å². The summed E-state index contributed by atoms with van der Waals surface area (Å²) in [7, 11) is -1.87. The standard InChI is InChI=1S/C12H20N2O2S/c1-9-7-10(2)12(11(3)8-9)17(15,16)14(4)6-5-13/h7-8H,5-6,13H2,1-4H3. The maximum atomic E-state index is 12.3. The molecule has 1 aromatic carbocycles. The number of aryl methyl sites for hydroxylation is 3. The van der Waals surface area contributed by atoms with Crippen molar-refractivity contribution in [2.75, 3.05) is 20.1 Å². The van der Waals surface area contributed by atoms with E-state index < -0.39 is 10.0 Å². The Morgan fingerprint density at radius 2 is 1.65 bits per heavy atom. The van der Waals surface area contributed by atoms with Crippen LogP contribution in [0.25, 0.3) is 0 Å². The van der Waals surface area contributed by atoms with E-state index in [1.165, 1.54) is 4.31 Å². The summed E-state index contributed by atoms with van der Waals surface area (Å²) in [4.78, 5) is 0.402. The highest BCUT2D eigenvalue weighted by molar-refractivity contribution is 7.89. The first-order valence-electron chi connectivity index (χ1n) is 5.55. The van der Waals surface area contributed by atoms with Gasteiger partial charge in [0.1, 0.15) is 0 Å². The highest BCUT2D eigenvalue weighted by atomic mass is 32.2. The summed E-state index contributed by atoms with van der Waals surface area (Å²) in [5.74, 6) is 0. The van der Waals surface area contributed by atoms with Crippen molar-refractivity contribution in [2.45, 2.75) is 25.7 Å². The molecule has 17 heavy (non-hydrogen) atoms. The van der Waals surface area contributed by atoms with Gasteiger partial charge in [-0.15, -0.1) is 0 Å². The van der Waals surface area contributed by atoms with E-state index in [-0.39, 0.29) is 0 Å². The molecule has 0 fully saturated rings. The lowest BCUT2D eigenvalue weighted by Gasteiger charge is -2.19. The fourth-order valence-electron chi connectivity index (χ4n) is 2.03. The van der Waals surface area contributed by atoms with E-state index in [0.29, 0.717) is 18.0 Å². The third kappa shape index (κ3) is 2.86. The minimum absolute atomic E-state index is 0.319. The molecule has 0 saturated carbocycles. The van der Waals surface area contributed by atoms with Gasteiger partial charge < -0.3 is 5.73 Å². The summed E-state index contributed by atoms with van der Waals surface area (Å²) in [5.41, 5.74) is 8.04. The Kier molecular flexibility index (Phi) is 4.30. The topological polar surface area (TPSA) is 63.4 Å². The van der Waals surface area contributed by atoms with Gasteiger partial charge in [0.2, 0.25) is 10.0 Å². The second-order valence-electron chi connectivity index (χ2n) is 4.34. The van der Waals surface area contributed by atoms with Crippen LogP contribution in [0.5, 0.6) is 0 Å². The van der Waals surface area contributed by atoms with Gasteiger partial charge in [-0.05, 0) is 31.9 Å². The maximum absolute atomic E-state index is 12.3. The first kappa shape index (κ1) is 14.2. The molecule has 0 aromatic heterocycles. The molecule has 0 aliphatic rings. The predicted octanol–water partition coefficient (Wildman–Crippen LogP) is 1.19. The Bertz CT molecular complexity index is 486. The Balaban J connectivity index is 3.34. The molecule has 1 rings (SSSR count). The van der Waals surface area contributed by atoms with Gasteiger partial charge in [-0.25, -0.2) is 8.42 Å². The highest BCUT2D eigenvalue weighted by Gasteiger charge is 2.24. The first-order valence-corrected chi connectivity index (χ1v) is 6.99. The van der Waals surface area contributed by atoms with Gasteiger partial charge in [0.15, 0.2) is 0 Å². The maximum Gasteiger partial charge on any atom is 0.243 e. The lowest BCUT2D eigenvalue weighted by molar-refractivity contribution is 0.475. The summed E-state index contributed by atoms with van der Waals surface area (Å²) in [6, 6.07) is 3.77. The summed E-state index contributed by atoms with van der Waals surface area (Å²) in [6.45, 7) is 6.25. The van der Waals surface area contributed by atoms with Crippen LogP contribution in [-0.4, -0.2) is 32.9 Å². The first-order chi connectivity index (χ1) is 7.80. The lowest BCUT2D eigenvalue weighted by atomic mass is 10.1. The number of benzene rings is 1. The van der Waals surface area contributed by atoms with Crippen LogP contribution in [0.3, 0.4) is 0 Å². The Hall–Kier alpha value is -0.910. The van der Waals surface area contributed by atoms with Gasteiger partial charge in [-0.1, -0.05) is 17.7 Å². The Labute approximate surface area is 103 Å². The molecule has 0 aliphatic heterocycles. The van der Waals surface area contributed by atoms with Gasteiger partial charge in [0.25, 0.3) is 0 Å². The minimum atomic E-state index is -3.43. The van der Waals surface area contributed by atoms with Crippen molar-refractivity contribution in [3.05, 3.63) is 28.8 Å². The third-order valence-electron chi connectivity index (χ3n) is 2.72. The van der Waals surface area contributed by atoms with E-state index in [9.17, 15) is 8.42 Å². The third-order valence-corrected chi connectivity index (χ3v) is 4.88. The van der Waals surface area contributed by atoms with E-state index in [2.05, 4.69) is 0 Å². The molecule has 5 heteroatoms. The van der Waals surface area contributed by atoms with Crippen LogP contribution in [0.15, 0.2) is 17.0 Å². The average Bonchev–Trinajstić information content (AvgIpc) is 2.15. The normalized spacial score (nSPS) is 12.1. The molecule has 0 unspecified atom stereocenters. The van der Waals surface area contributed by atoms with Gasteiger partial charge >= 0.3 is 0 Å². The summed E-state index contributed by atoms with van der Waals surface area (Å²) >= 11 is 0. The molecule has 0 radical (unpaired) electrons. The van der Waals surface area contributed by atoms with Crippen LogP contribution >= 0.6 is 0 Å². The summed E-state index contributed by atoms with van der Waals surface area (Å²) < 4.78 is 26.0. The molecule has 0 amide bonds. The number of likely N-dealkylation sites (N-methyl/N-ethyl adjacent to an activating group) is 1. The van der Waals surface area contributed by atoms with Gasteiger partial charge in [0.05, 0.1) is 4.90 Å².